The number of nitrogens with zero attached hydrogens (tertiary/aromatic N) is 2. The van der Waals surface area contributed by atoms with Crippen molar-refractivity contribution in [3.05, 3.63) is 35.9 Å². The number of carbonyl (C=O) groups is 2. The van der Waals surface area contributed by atoms with Gasteiger partial charge in [0.2, 0.25) is 11.8 Å². The number of piperidine rings is 1. The second-order valence-corrected chi connectivity index (χ2v) is 6.59. The van der Waals surface area contributed by atoms with Gasteiger partial charge in [0.25, 0.3) is 0 Å². The molecule has 0 N–H and O–H groups in total. The third-order valence-corrected chi connectivity index (χ3v) is 4.56. The highest BCUT2D eigenvalue weighted by molar-refractivity contribution is 5.80. The molecule has 4 nitrogen and oxygen atoms in total. The molecule has 1 fully saturated rings. The molecule has 0 unspecified atom stereocenters. The molecule has 23 heavy (non-hydrogen) atoms. The molecule has 4 heteroatoms. The second kappa shape index (κ2) is 8.14. The zero-order chi connectivity index (χ0) is 16.8. The van der Waals surface area contributed by atoms with Crippen molar-refractivity contribution < 1.29 is 9.59 Å². The summed E-state index contributed by atoms with van der Waals surface area (Å²) < 4.78 is 0. The second-order valence-electron chi connectivity index (χ2n) is 6.59. The number of amides is 2. The Balaban J connectivity index is 1.91. The monoisotopic (exact) mass is 316 g/mol. The predicted molar refractivity (Wildman–Crippen MR) is 91.7 cm³/mol. The molecule has 1 aromatic rings. The molecule has 0 aliphatic carbocycles. The van der Waals surface area contributed by atoms with E-state index >= 15 is 0 Å². The van der Waals surface area contributed by atoms with Gasteiger partial charge >= 0.3 is 0 Å². The summed E-state index contributed by atoms with van der Waals surface area (Å²) in [5.74, 6) is 0.517. The summed E-state index contributed by atoms with van der Waals surface area (Å²) in [6.45, 7) is 8.68. The summed E-state index contributed by atoms with van der Waals surface area (Å²) in [6, 6.07) is 10.1. The number of carbonyl (C=O) groups excluding carboxylic acids is 2. The Morgan fingerprint density at radius 1 is 1.17 bits per heavy atom. The van der Waals surface area contributed by atoms with Gasteiger partial charge in [0.05, 0.1) is 0 Å². The average Bonchev–Trinajstić information content (AvgIpc) is 2.59. The van der Waals surface area contributed by atoms with Crippen molar-refractivity contribution in [1.29, 1.82) is 0 Å². The van der Waals surface area contributed by atoms with E-state index in [1.807, 2.05) is 48.8 Å². The van der Waals surface area contributed by atoms with Gasteiger partial charge in [-0.25, -0.2) is 0 Å². The summed E-state index contributed by atoms with van der Waals surface area (Å²) in [4.78, 5) is 28.6. The van der Waals surface area contributed by atoms with Crippen molar-refractivity contribution in [2.24, 2.45) is 11.8 Å². The molecule has 1 aromatic carbocycles. The molecular weight excluding hydrogens is 288 g/mol. The van der Waals surface area contributed by atoms with Crippen LogP contribution in [0.25, 0.3) is 0 Å². The molecule has 0 spiro atoms. The zero-order valence-corrected chi connectivity index (χ0v) is 14.5. The lowest BCUT2D eigenvalue weighted by Crippen LogP contribution is -2.45. The van der Waals surface area contributed by atoms with Crippen LogP contribution in [0.2, 0.25) is 0 Å². The molecule has 0 radical (unpaired) electrons. The van der Waals surface area contributed by atoms with Gasteiger partial charge in [0, 0.05) is 38.0 Å². The maximum atomic E-state index is 12.8. The van der Waals surface area contributed by atoms with Crippen molar-refractivity contribution in [2.75, 3.05) is 19.6 Å². The average molecular weight is 316 g/mol. The molecular formula is C19H28N2O2. The van der Waals surface area contributed by atoms with Crippen LogP contribution in [0.4, 0.5) is 0 Å². The number of hydrogen-bond donors (Lipinski definition) is 0. The normalized spacial score (nSPS) is 15.7. The Hall–Kier alpha value is -1.84. The van der Waals surface area contributed by atoms with E-state index in [4.69, 9.17) is 0 Å². The van der Waals surface area contributed by atoms with E-state index in [1.165, 1.54) is 0 Å². The van der Waals surface area contributed by atoms with Crippen molar-refractivity contribution in [3.8, 4) is 0 Å². The molecule has 2 rings (SSSR count). The molecule has 0 saturated carbocycles. The van der Waals surface area contributed by atoms with Crippen molar-refractivity contribution in [2.45, 2.75) is 40.2 Å². The minimum Gasteiger partial charge on any atom is -0.342 e. The molecule has 126 valence electrons. The zero-order valence-electron chi connectivity index (χ0n) is 14.5. The van der Waals surface area contributed by atoms with E-state index in [9.17, 15) is 9.59 Å². The molecule has 0 aromatic heterocycles. The Bertz CT molecular complexity index is 519. The Morgan fingerprint density at radius 2 is 1.78 bits per heavy atom. The first-order valence-corrected chi connectivity index (χ1v) is 8.64. The van der Waals surface area contributed by atoms with Crippen LogP contribution in [0.1, 0.15) is 39.2 Å². The summed E-state index contributed by atoms with van der Waals surface area (Å²) in [7, 11) is 0. The number of hydrogen-bond acceptors (Lipinski definition) is 2. The molecule has 2 amide bonds. The van der Waals surface area contributed by atoms with Crippen LogP contribution >= 0.6 is 0 Å². The van der Waals surface area contributed by atoms with Gasteiger partial charge in [-0.05, 0) is 25.3 Å². The smallest absolute Gasteiger partial charge is 0.226 e. The number of rotatable bonds is 5. The van der Waals surface area contributed by atoms with E-state index in [2.05, 4.69) is 12.1 Å². The highest BCUT2D eigenvalue weighted by Gasteiger charge is 2.30. The summed E-state index contributed by atoms with van der Waals surface area (Å²) >= 11 is 0. The highest BCUT2D eigenvalue weighted by Crippen LogP contribution is 2.22. The largest absolute Gasteiger partial charge is 0.342 e. The number of likely N-dealkylation sites (tertiary alicyclic amines) is 1. The summed E-state index contributed by atoms with van der Waals surface area (Å²) in [5.41, 5.74) is 1.16. The van der Waals surface area contributed by atoms with Gasteiger partial charge in [-0.2, -0.15) is 0 Å². The fourth-order valence-corrected chi connectivity index (χ4v) is 3.12. The molecule has 1 aliphatic rings. The Morgan fingerprint density at radius 3 is 2.30 bits per heavy atom. The third-order valence-electron chi connectivity index (χ3n) is 4.56. The van der Waals surface area contributed by atoms with Crippen LogP contribution in [-0.2, 0) is 16.1 Å². The lowest BCUT2D eigenvalue weighted by atomic mass is 9.94. The standard InChI is InChI=1S/C19H28N2O2/c1-4-20(14-16-8-6-5-7-9-16)19(23)17-10-12-21(13-11-17)18(22)15(2)3/h5-9,15,17H,4,10-14H2,1-3H3. The van der Waals surface area contributed by atoms with Gasteiger partial charge in [-0.3, -0.25) is 9.59 Å². The van der Waals surface area contributed by atoms with Crippen molar-refractivity contribution in [1.82, 2.24) is 9.80 Å². The topological polar surface area (TPSA) is 40.6 Å². The van der Waals surface area contributed by atoms with Gasteiger partial charge in [-0.15, -0.1) is 0 Å². The van der Waals surface area contributed by atoms with E-state index in [0.29, 0.717) is 19.6 Å². The molecule has 1 heterocycles. The van der Waals surface area contributed by atoms with E-state index < -0.39 is 0 Å². The molecule has 0 bridgehead atoms. The minimum atomic E-state index is 0.0347. The van der Waals surface area contributed by atoms with Crippen LogP contribution in [-0.4, -0.2) is 41.2 Å². The maximum Gasteiger partial charge on any atom is 0.226 e. The highest BCUT2D eigenvalue weighted by atomic mass is 16.2. The lowest BCUT2D eigenvalue weighted by Gasteiger charge is -2.34. The van der Waals surface area contributed by atoms with E-state index in [0.717, 1.165) is 24.9 Å². The predicted octanol–water partition coefficient (Wildman–Crippen LogP) is 2.93. The van der Waals surface area contributed by atoms with Crippen molar-refractivity contribution >= 4 is 11.8 Å². The fraction of sp³-hybridized carbons (Fsp3) is 0.579. The van der Waals surface area contributed by atoms with E-state index in [1.54, 1.807) is 0 Å². The van der Waals surface area contributed by atoms with Crippen LogP contribution in [0, 0.1) is 11.8 Å². The van der Waals surface area contributed by atoms with Gasteiger partial charge in [0.15, 0.2) is 0 Å². The third kappa shape index (κ3) is 4.57. The maximum absolute atomic E-state index is 12.8. The first-order valence-electron chi connectivity index (χ1n) is 8.64. The lowest BCUT2D eigenvalue weighted by molar-refractivity contribution is -0.142. The van der Waals surface area contributed by atoms with Crippen molar-refractivity contribution in [3.63, 3.8) is 0 Å². The van der Waals surface area contributed by atoms with Crippen LogP contribution in [0.5, 0.6) is 0 Å². The number of benzene rings is 1. The SMILES string of the molecule is CCN(Cc1ccccc1)C(=O)C1CCN(C(=O)C(C)C)CC1. The van der Waals surface area contributed by atoms with Crippen LogP contribution in [0.3, 0.4) is 0 Å². The van der Waals surface area contributed by atoms with Crippen LogP contribution in [0.15, 0.2) is 30.3 Å². The minimum absolute atomic E-state index is 0.0347. The quantitative estimate of drug-likeness (QED) is 0.838. The van der Waals surface area contributed by atoms with Crippen LogP contribution < -0.4 is 0 Å². The van der Waals surface area contributed by atoms with Gasteiger partial charge in [0.1, 0.15) is 0 Å². The Labute approximate surface area is 139 Å². The van der Waals surface area contributed by atoms with Gasteiger partial charge < -0.3 is 9.80 Å². The molecule has 1 saturated heterocycles. The molecule has 1 aliphatic heterocycles. The molecule has 0 atom stereocenters. The first-order chi connectivity index (χ1) is 11.0. The summed E-state index contributed by atoms with van der Waals surface area (Å²) in [6.07, 6.45) is 1.56. The Kier molecular flexibility index (Phi) is 6.20. The van der Waals surface area contributed by atoms with Gasteiger partial charge in [-0.1, -0.05) is 44.2 Å². The van der Waals surface area contributed by atoms with E-state index in [-0.39, 0.29) is 23.7 Å². The summed E-state index contributed by atoms with van der Waals surface area (Å²) in [5, 5.41) is 0. The first kappa shape index (κ1) is 17.5. The fourth-order valence-electron chi connectivity index (χ4n) is 3.12.